The van der Waals surface area contributed by atoms with E-state index in [1.165, 1.54) is 12.1 Å². The first-order valence-electron chi connectivity index (χ1n) is 5.37. The van der Waals surface area contributed by atoms with Crippen molar-refractivity contribution in [1.82, 2.24) is 4.98 Å². The smallest absolute Gasteiger partial charge is 0.414 e. The number of carbonyl (C=O) groups is 2. The average molecular weight is 268 g/mol. The largest absolute Gasteiger partial charge is 0.473 e. The third kappa shape index (κ3) is 4.07. The Morgan fingerprint density at radius 3 is 2.42 bits per heavy atom. The summed E-state index contributed by atoms with van der Waals surface area (Å²) in [7, 11) is 0. The van der Waals surface area contributed by atoms with Crippen molar-refractivity contribution < 1.29 is 24.2 Å². The number of fused-ring (bicyclic) bond motifs is 1. The molecule has 1 aromatic carbocycles. The lowest BCUT2D eigenvalue weighted by Gasteiger charge is -1.95. The van der Waals surface area contributed by atoms with Crippen molar-refractivity contribution >= 4 is 22.8 Å². The van der Waals surface area contributed by atoms with Gasteiger partial charge in [0.2, 0.25) is 0 Å². The van der Waals surface area contributed by atoms with Crippen LogP contribution in [0.25, 0.3) is 10.9 Å². The number of carboxylic acids is 2. The summed E-state index contributed by atoms with van der Waals surface area (Å²) in [6.45, 7) is 0.615. The molecule has 0 saturated heterocycles. The Balaban J connectivity index is 0.000000258. The fraction of sp³-hybridized carbons (Fsp3) is 0.167. The van der Waals surface area contributed by atoms with E-state index in [4.69, 9.17) is 25.5 Å². The van der Waals surface area contributed by atoms with Crippen LogP contribution in [0.1, 0.15) is 5.56 Å². The highest BCUT2D eigenvalue weighted by Gasteiger charge is 2.04. The molecule has 102 valence electrons. The highest BCUT2D eigenvalue weighted by atomic mass is 19.1. The van der Waals surface area contributed by atoms with E-state index >= 15 is 0 Å². The maximum Gasteiger partial charge on any atom is 0.414 e. The van der Waals surface area contributed by atoms with Gasteiger partial charge in [0, 0.05) is 17.1 Å². The van der Waals surface area contributed by atoms with Crippen molar-refractivity contribution in [3.63, 3.8) is 0 Å². The van der Waals surface area contributed by atoms with Gasteiger partial charge in [-0.05, 0) is 36.7 Å². The molecule has 0 aliphatic rings. The second-order valence-corrected chi connectivity index (χ2v) is 3.65. The van der Waals surface area contributed by atoms with Gasteiger partial charge < -0.3 is 20.9 Å². The van der Waals surface area contributed by atoms with Gasteiger partial charge in [0.15, 0.2) is 0 Å². The molecule has 6 nitrogen and oxygen atoms in total. The van der Waals surface area contributed by atoms with Crippen LogP contribution in [0.3, 0.4) is 0 Å². The summed E-state index contributed by atoms with van der Waals surface area (Å²) >= 11 is 0. The molecule has 2 rings (SSSR count). The van der Waals surface area contributed by atoms with Crippen LogP contribution in [-0.4, -0.2) is 33.7 Å². The van der Waals surface area contributed by atoms with Crippen LogP contribution < -0.4 is 5.73 Å². The van der Waals surface area contributed by atoms with Gasteiger partial charge in [-0.25, -0.2) is 14.0 Å². The zero-order valence-electron chi connectivity index (χ0n) is 9.89. The second-order valence-electron chi connectivity index (χ2n) is 3.65. The average Bonchev–Trinajstić information content (AvgIpc) is 2.73. The highest BCUT2D eigenvalue weighted by Crippen LogP contribution is 2.19. The number of hydrogen-bond acceptors (Lipinski definition) is 3. The number of aliphatic carboxylic acids is 2. The first kappa shape index (κ1) is 14.7. The van der Waals surface area contributed by atoms with Crippen molar-refractivity contribution in [3.8, 4) is 0 Å². The van der Waals surface area contributed by atoms with Gasteiger partial charge in [-0.15, -0.1) is 0 Å². The van der Waals surface area contributed by atoms with E-state index in [0.29, 0.717) is 6.54 Å². The predicted molar refractivity (Wildman–Crippen MR) is 66.3 cm³/mol. The standard InChI is InChI=1S/C10H11FN2.C2H2O4/c11-8-1-2-9-7(3-4-12)6-13-10(9)5-8;3-1(4)2(5)6/h1-2,5-6,13H,3-4,12H2;(H,3,4)(H,5,6). The molecule has 19 heavy (non-hydrogen) atoms. The SMILES string of the molecule is NCCc1c[nH]c2cc(F)ccc12.O=C(O)C(=O)O. The zero-order valence-corrected chi connectivity index (χ0v) is 9.89. The number of nitrogens with two attached hydrogens (primary N) is 1. The lowest BCUT2D eigenvalue weighted by atomic mass is 10.1. The maximum absolute atomic E-state index is 12.8. The summed E-state index contributed by atoms with van der Waals surface area (Å²) in [4.78, 5) is 21.2. The van der Waals surface area contributed by atoms with E-state index in [2.05, 4.69) is 4.98 Å². The molecule has 0 amide bonds. The molecule has 1 aromatic heterocycles. The van der Waals surface area contributed by atoms with Gasteiger partial charge in [0.1, 0.15) is 5.82 Å². The quantitative estimate of drug-likeness (QED) is 0.605. The summed E-state index contributed by atoms with van der Waals surface area (Å²) in [6.07, 6.45) is 2.71. The highest BCUT2D eigenvalue weighted by molar-refractivity contribution is 6.27. The van der Waals surface area contributed by atoms with E-state index in [-0.39, 0.29) is 5.82 Å². The van der Waals surface area contributed by atoms with E-state index in [0.717, 1.165) is 22.9 Å². The Morgan fingerprint density at radius 1 is 1.26 bits per heavy atom. The Bertz CT molecular complexity index is 582. The fourth-order valence-corrected chi connectivity index (χ4v) is 1.52. The van der Waals surface area contributed by atoms with Gasteiger partial charge >= 0.3 is 11.9 Å². The maximum atomic E-state index is 12.8. The summed E-state index contributed by atoms with van der Waals surface area (Å²) < 4.78 is 12.8. The number of aromatic amines is 1. The summed E-state index contributed by atoms with van der Waals surface area (Å²) in [5, 5.41) is 15.8. The number of halogens is 1. The zero-order chi connectivity index (χ0) is 14.4. The number of benzene rings is 1. The number of hydrogen-bond donors (Lipinski definition) is 4. The van der Waals surface area contributed by atoms with Crippen LogP contribution in [0.15, 0.2) is 24.4 Å². The minimum Gasteiger partial charge on any atom is -0.473 e. The van der Waals surface area contributed by atoms with Crippen molar-refractivity contribution in [2.75, 3.05) is 6.54 Å². The van der Waals surface area contributed by atoms with E-state index in [1.807, 2.05) is 6.20 Å². The van der Waals surface area contributed by atoms with E-state index in [9.17, 15) is 4.39 Å². The van der Waals surface area contributed by atoms with E-state index in [1.54, 1.807) is 6.07 Å². The van der Waals surface area contributed by atoms with Crippen molar-refractivity contribution in [1.29, 1.82) is 0 Å². The van der Waals surface area contributed by atoms with Crippen molar-refractivity contribution in [2.24, 2.45) is 5.73 Å². The molecule has 1 heterocycles. The van der Waals surface area contributed by atoms with Crippen LogP contribution >= 0.6 is 0 Å². The normalized spacial score (nSPS) is 9.79. The lowest BCUT2D eigenvalue weighted by molar-refractivity contribution is -0.159. The summed E-state index contributed by atoms with van der Waals surface area (Å²) in [5.41, 5.74) is 7.44. The Morgan fingerprint density at radius 2 is 1.89 bits per heavy atom. The van der Waals surface area contributed by atoms with Crippen LogP contribution in [0.5, 0.6) is 0 Å². The van der Waals surface area contributed by atoms with E-state index < -0.39 is 11.9 Å². The third-order valence-corrected chi connectivity index (χ3v) is 2.33. The second kappa shape index (κ2) is 6.50. The molecule has 0 spiro atoms. The molecule has 0 fully saturated rings. The molecular formula is C12H13FN2O4. The molecule has 5 N–H and O–H groups in total. The van der Waals surface area contributed by atoms with Crippen LogP contribution in [0.4, 0.5) is 4.39 Å². The lowest BCUT2D eigenvalue weighted by Crippen LogP contribution is -2.09. The number of carboxylic acid groups (broad SMARTS) is 2. The molecule has 7 heteroatoms. The van der Waals surface area contributed by atoms with Crippen molar-refractivity contribution in [3.05, 3.63) is 35.8 Å². The number of nitrogens with one attached hydrogen (secondary N) is 1. The van der Waals surface area contributed by atoms with Gasteiger partial charge in [0.25, 0.3) is 0 Å². The summed E-state index contributed by atoms with van der Waals surface area (Å²) in [5.74, 6) is -3.86. The number of H-pyrrole nitrogens is 1. The Hall–Kier alpha value is -2.41. The molecule has 0 unspecified atom stereocenters. The minimum atomic E-state index is -1.82. The molecule has 0 aliphatic carbocycles. The van der Waals surface area contributed by atoms with Gasteiger partial charge in [-0.2, -0.15) is 0 Å². The molecular weight excluding hydrogens is 255 g/mol. The first-order valence-corrected chi connectivity index (χ1v) is 5.37. The minimum absolute atomic E-state index is 0.214. The van der Waals surface area contributed by atoms with Crippen molar-refractivity contribution in [2.45, 2.75) is 6.42 Å². The monoisotopic (exact) mass is 268 g/mol. The topological polar surface area (TPSA) is 116 Å². The molecule has 0 saturated carbocycles. The van der Waals surface area contributed by atoms with Crippen LogP contribution in [-0.2, 0) is 16.0 Å². The Labute approximate surface area is 107 Å². The van der Waals surface area contributed by atoms with Gasteiger partial charge in [-0.1, -0.05) is 0 Å². The number of rotatable bonds is 2. The number of aromatic nitrogens is 1. The molecule has 2 aromatic rings. The fourth-order valence-electron chi connectivity index (χ4n) is 1.52. The summed E-state index contributed by atoms with van der Waals surface area (Å²) in [6, 6.07) is 4.75. The third-order valence-electron chi connectivity index (χ3n) is 2.33. The van der Waals surface area contributed by atoms with Crippen LogP contribution in [0.2, 0.25) is 0 Å². The first-order chi connectivity index (χ1) is 8.95. The predicted octanol–water partition coefficient (Wildman–Crippen LogP) is 0.964. The molecule has 0 radical (unpaired) electrons. The Kier molecular flexibility index (Phi) is 5.01. The van der Waals surface area contributed by atoms with Gasteiger partial charge in [0.05, 0.1) is 0 Å². The molecule has 0 atom stereocenters. The van der Waals surface area contributed by atoms with Gasteiger partial charge in [-0.3, -0.25) is 0 Å². The van der Waals surface area contributed by atoms with Crippen LogP contribution in [0, 0.1) is 5.82 Å². The molecule has 0 aliphatic heterocycles. The molecule has 0 bridgehead atoms.